The number of carboxylic acid groups (broad SMARTS) is 1. The first-order chi connectivity index (χ1) is 17.0. The van der Waals surface area contributed by atoms with E-state index in [1.165, 1.54) is 15.5 Å². The van der Waals surface area contributed by atoms with E-state index in [0.29, 0.717) is 44.5 Å². The highest BCUT2D eigenvalue weighted by molar-refractivity contribution is 6.07. The van der Waals surface area contributed by atoms with E-state index >= 15 is 0 Å². The van der Waals surface area contributed by atoms with Gasteiger partial charge >= 0.3 is 5.92 Å². The van der Waals surface area contributed by atoms with Crippen molar-refractivity contribution in [3.8, 4) is 22.5 Å². The van der Waals surface area contributed by atoms with Gasteiger partial charge in [0.05, 0.1) is 25.1 Å². The van der Waals surface area contributed by atoms with Crippen LogP contribution in [0.25, 0.3) is 33.4 Å². The van der Waals surface area contributed by atoms with E-state index < -0.39 is 44.0 Å². The molecule has 0 radical (unpaired) electrons. The van der Waals surface area contributed by atoms with Gasteiger partial charge in [-0.25, -0.2) is 13.4 Å². The smallest absolute Gasteiger partial charge is 0.361 e. The minimum atomic E-state index is -2.75. The van der Waals surface area contributed by atoms with E-state index in [-0.39, 0.29) is 5.56 Å². The number of hydrogen-bond donors (Lipinski definition) is 0. The van der Waals surface area contributed by atoms with Crippen molar-refractivity contribution in [1.29, 1.82) is 0 Å². The summed E-state index contributed by atoms with van der Waals surface area (Å²) in [6.45, 7) is 0.223. The van der Waals surface area contributed by atoms with Crippen molar-refractivity contribution in [3.05, 3.63) is 71.1 Å². The third-order valence-corrected chi connectivity index (χ3v) is 6.77. The van der Waals surface area contributed by atoms with E-state index in [2.05, 4.69) is 0 Å². The molecule has 0 bridgehead atoms. The van der Waals surface area contributed by atoms with Crippen LogP contribution < -0.4 is 19.9 Å². The van der Waals surface area contributed by atoms with Crippen molar-refractivity contribution in [2.75, 3.05) is 31.1 Å². The lowest BCUT2D eigenvalue weighted by Crippen LogP contribution is -2.57. The molecule has 2 aromatic carbocycles. The highest BCUT2D eigenvalue weighted by Gasteiger charge is 2.50. The first-order valence-corrected chi connectivity index (χ1v) is 11.4. The van der Waals surface area contributed by atoms with Gasteiger partial charge in [-0.15, -0.1) is 0 Å². The van der Waals surface area contributed by atoms with Crippen LogP contribution >= 0.6 is 0 Å². The molecule has 184 valence electrons. The second-order valence-corrected chi connectivity index (χ2v) is 9.60. The van der Waals surface area contributed by atoms with Crippen LogP contribution in [0.5, 0.6) is 0 Å². The summed E-state index contributed by atoms with van der Waals surface area (Å²) in [6, 6.07) is 15.0. The van der Waals surface area contributed by atoms with Crippen LogP contribution in [-0.2, 0) is 0 Å². The molecule has 3 aliphatic heterocycles. The minimum Gasteiger partial charge on any atom is -0.545 e. The maximum absolute atomic E-state index is 13.5. The summed E-state index contributed by atoms with van der Waals surface area (Å²) in [5, 5.41) is 13.1. The average Bonchev–Trinajstić information content (AvgIpc) is 2.78. The zero-order chi connectivity index (χ0) is 25.4. The SMILES string of the molecule is Cc1ccc(C(=O)[O-])c(-c2c3ccc(=[N+]4CC(F)(F)C4)cc-3oc3cc(N4CC(F)(F)C4)ccc23)c1. The van der Waals surface area contributed by atoms with Crippen LogP contribution in [0.2, 0.25) is 0 Å². The highest BCUT2D eigenvalue weighted by atomic mass is 19.3. The van der Waals surface area contributed by atoms with Crippen molar-refractivity contribution in [2.45, 2.75) is 18.8 Å². The quantitative estimate of drug-likeness (QED) is 0.246. The van der Waals surface area contributed by atoms with Crippen molar-refractivity contribution in [1.82, 2.24) is 4.58 Å². The van der Waals surface area contributed by atoms with Gasteiger partial charge in [-0.1, -0.05) is 23.8 Å². The van der Waals surface area contributed by atoms with Gasteiger partial charge in [0.15, 0.2) is 0 Å². The van der Waals surface area contributed by atoms with E-state index in [9.17, 15) is 27.5 Å². The van der Waals surface area contributed by atoms with Crippen molar-refractivity contribution in [3.63, 3.8) is 0 Å². The van der Waals surface area contributed by atoms with Crippen LogP contribution in [0.3, 0.4) is 0 Å². The number of alkyl halides is 4. The number of rotatable bonds is 3. The van der Waals surface area contributed by atoms with E-state index in [0.717, 1.165) is 5.56 Å². The number of fused-ring (bicyclic) bond motifs is 2. The van der Waals surface area contributed by atoms with Crippen LogP contribution in [0, 0.1) is 6.92 Å². The molecule has 0 amide bonds. The zero-order valence-electron chi connectivity index (χ0n) is 19.2. The summed E-state index contributed by atoms with van der Waals surface area (Å²) < 4.78 is 61.6. The van der Waals surface area contributed by atoms with Gasteiger partial charge in [-0.2, -0.15) is 8.78 Å². The lowest BCUT2D eigenvalue weighted by atomic mass is 9.89. The predicted octanol–water partition coefficient (Wildman–Crippen LogP) is 3.75. The largest absolute Gasteiger partial charge is 0.545 e. The van der Waals surface area contributed by atoms with Crippen LogP contribution in [0.1, 0.15) is 15.9 Å². The predicted molar refractivity (Wildman–Crippen MR) is 124 cm³/mol. The summed E-state index contributed by atoms with van der Waals surface area (Å²) in [5.41, 5.74) is 3.33. The molecular weight excluding hydrogens is 476 g/mol. The molecule has 3 heterocycles. The summed E-state index contributed by atoms with van der Waals surface area (Å²) in [5.74, 6) is -6.48. The van der Waals surface area contributed by atoms with Gasteiger partial charge in [0.1, 0.15) is 11.3 Å². The topological polar surface area (TPSA) is 59.5 Å². The molecule has 1 aliphatic carbocycles. The maximum atomic E-state index is 13.5. The molecule has 0 atom stereocenters. The summed E-state index contributed by atoms with van der Waals surface area (Å²) in [6.07, 6.45) is 0. The molecule has 0 N–H and O–H groups in total. The molecule has 9 heteroatoms. The molecular formula is C27H20F4N2O3. The van der Waals surface area contributed by atoms with Crippen molar-refractivity contribution >= 4 is 22.6 Å². The number of hydrogen-bond acceptors (Lipinski definition) is 4. The Morgan fingerprint density at radius 1 is 0.944 bits per heavy atom. The second kappa shape index (κ2) is 7.56. The maximum Gasteiger partial charge on any atom is 0.361 e. The van der Waals surface area contributed by atoms with Gasteiger partial charge < -0.3 is 19.2 Å². The minimum absolute atomic E-state index is 0.00711. The number of aryl methyl sites for hydroxylation is 1. The highest BCUT2D eigenvalue weighted by Crippen LogP contribution is 2.43. The van der Waals surface area contributed by atoms with E-state index in [1.54, 1.807) is 48.5 Å². The van der Waals surface area contributed by atoms with Crippen molar-refractivity contribution in [2.24, 2.45) is 0 Å². The fourth-order valence-electron chi connectivity index (χ4n) is 4.98. The number of carboxylic acids is 1. The molecule has 0 spiro atoms. The monoisotopic (exact) mass is 496 g/mol. The normalized spacial score (nSPS) is 18.2. The lowest BCUT2D eigenvalue weighted by molar-refractivity contribution is -0.254. The Hall–Kier alpha value is -3.88. The van der Waals surface area contributed by atoms with Crippen LogP contribution in [-0.4, -0.2) is 44.0 Å². The average molecular weight is 496 g/mol. The lowest BCUT2D eigenvalue weighted by Gasteiger charge is -2.40. The molecule has 0 aromatic heterocycles. The molecule has 5 nitrogen and oxygen atoms in total. The Labute approximate surface area is 202 Å². The first-order valence-electron chi connectivity index (χ1n) is 11.4. The van der Waals surface area contributed by atoms with Gasteiger partial charge in [0.2, 0.25) is 18.4 Å². The van der Waals surface area contributed by atoms with Crippen LogP contribution in [0.15, 0.2) is 59.0 Å². The standard InChI is InChI=1S/C27H20F4N2O3/c1-15-2-5-18(25(34)35)21(8-15)24-19-6-3-16(32-11-26(28,29)12-32)9-22(19)36-23-10-17(4-7-20(23)24)33-13-27(30,31)14-33/h2-10H,11-14H2,1H3. The van der Waals surface area contributed by atoms with E-state index in [1.807, 2.05) is 6.92 Å². The zero-order valence-corrected chi connectivity index (χ0v) is 19.2. The third-order valence-electron chi connectivity index (χ3n) is 6.77. The summed E-state index contributed by atoms with van der Waals surface area (Å²) in [7, 11) is 0. The van der Waals surface area contributed by atoms with Gasteiger partial charge in [-0.3, -0.25) is 0 Å². The number of aromatic carboxylic acids is 1. The summed E-state index contributed by atoms with van der Waals surface area (Å²) >= 11 is 0. The van der Waals surface area contributed by atoms with Crippen LogP contribution in [0.4, 0.5) is 23.2 Å². The Morgan fingerprint density at radius 3 is 2.36 bits per heavy atom. The number of anilines is 1. The fourth-order valence-corrected chi connectivity index (χ4v) is 4.98. The molecule has 2 fully saturated rings. The molecule has 6 rings (SSSR count). The molecule has 2 saturated heterocycles. The Morgan fingerprint density at radius 2 is 1.69 bits per heavy atom. The molecule has 0 saturated carbocycles. The molecule has 2 aromatic rings. The Balaban J connectivity index is 1.62. The van der Waals surface area contributed by atoms with Crippen molar-refractivity contribution < 1.29 is 31.9 Å². The second-order valence-electron chi connectivity index (χ2n) is 9.60. The van der Waals surface area contributed by atoms with Gasteiger partial charge in [0, 0.05) is 39.9 Å². The molecule has 0 unspecified atom stereocenters. The number of halogens is 4. The Bertz CT molecular complexity index is 1590. The number of benzene rings is 3. The fraction of sp³-hybridized carbons (Fsp3) is 0.259. The first kappa shape index (κ1) is 22.6. The Kier molecular flexibility index (Phi) is 4.74. The third kappa shape index (κ3) is 3.70. The molecule has 36 heavy (non-hydrogen) atoms. The molecule has 4 aliphatic rings. The summed E-state index contributed by atoms with van der Waals surface area (Å²) in [4.78, 5) is 13.5. The van der Waals surface area contributed by atoms with Gasteiger partial charge in [0.25, 0.3) is 5.92 Å². The van der Waals surface area contributed by atoms with Gasteiger partial charge in [-0.05, 0) is 30.7 Å². The van der Waals surface area contributed by atoms with E-state index in [4.69, 9.17) is 4.42 Å². The number of nitrogens with zero attached hydrogens (tertiary/aromatic N) is 2. The number of carbonyl (C=O) groups excluding carboxylic acids is 1. The number of carbonyl (C=O) groups is 1.